The highest BCUT2D eigenvalue weighted by molar-refractivity contribution is 9.11. The number of thiophene rings is 1. The van der Waals surface area contributed by atoms with Crippen molar-refractivity contribution in [3.8, 4) is 0 Å². The molecule has 1 fully saturated rings. The van der Waals surface area contributed by atoms with Gasteiger partial charge in [0.1, 0.15) is 4.21 Å². The van der Waals surface area contributed by atoms with Crippen LogP contribution in [0.25, 0.3) is 0 Å². The molecule has 0 spiro atoms. The van der Waals surface area contributed by atoms with Gasteiger partial charge in [0.05, 0.1) is 15.9 Å². The van der Waals surface area contributed by atoms with Crippen molar-refractivity contribution in [1.82, 2.24) is 10.0 Å². The van der Waals surface area contributed by atoms with E-state index < -0.39 is 10.0 Å². The van der Waals surface area contributed by atoms with E-state index in [0.717, 1.165) is 28.7 Å². The van der Waals surface area contributed by atoms with E-state index >= 15 is 0 Å². The van der Waals surface area contributed by atoms with Gasteiger partial charge in [-0.3, -0.25) is 0 Å². The fourth-order valence-corrected chi connectivity index (χ4v) is 5.74. The SMILES string of the molecule is COCC1(CNS(=O)(=O)c2cc(C)c(Br)s2)CCCN1.Cl. The number of aryl methyl sites for hydroxylation is 1. The number of sulfonamides is 1. The summed E-state index contributed by atoms with van der Waals surface area (Å²) in [5.74, 6) is 0. The highest BCUT2D eigenvalue weighted by Gasteiger charge is 2.35. The van der Waals surface area contributed by atoms with Gasteiger partial charge in [0.15, 0.2) is 0 Å². The molecule has 0 amide bonds. The topological polar surface area (TPSA) is 67.4 Å². The van der Waals surface area contributed by atoms with Crippen molar-refractivity contribution >= 4 is 49.7 Å². The minimum absolute atomic E-state index is 0. The Morgan fingerprint density at radius 2 is 2.29 bits per heavy atom. The summed E-state index contributed by atoms with van der Waals surface area (Å²) in [4.78, 5) is 0. The maximum absolute atomic E-state index is 12.3. The Morgan fingerprint density at radius 3 is 2.76 bits per heavy atom. The first kappa shape index (κ1) is 19.3. The fraction of sp³-hybridized carbons (Fsp3) is 0.667. The van der Waals surface area contributed by atoms with E-state index in [4.69, 9.17) is 4.74 Å². The zero-order valence-corrected chi connectivity index (χ0v) is 16.0. The molecule has 122 valence electrons. The molecule has 0 saturated carbocycles. The molecule has 5 nitrogen and oxygen atoms in total. The zero-order valence-electron chi connectivity index (χ0n) is 11.9. The number of hydrogen-bond donors (Lipinski definition) is 2. The van der Waals surface area contributed by atoms with E-state index in [1.54, 1.807) is 13.2 Å². The van der Waals surface area contributed by atoms with Crippen LogP contribution in [0.15, 0.2) is 14.1 Å². The molecule has 2 N–H and O–H groups in total. The van der Waals surface area contributed by atoms with Crippen molar-refractivity contribution in [2.75, 3.05) is 26.8 Å². The maximum Gasteiger partial charge on any atom is 0.250 e. The van der Waals surface area contributed by atoms with Crippen LogP contribution in [-0.2, 0) is 14.8 Å². The van der Waals surface area contributed by atoms with Gasteiger partial charge in [0.25, 0.3) is 0 Å². The minimum atomic E-state index is -3.46. The molecule has 1 unspecified atom stereocenters. The number of rotatable bonds is 6. The normalized spacial score (nSPS) is 22.2. The van der Waals surface area contributed by atoms with Gasteiger partial charge in [-0.05, 0) is 53.9 Å². The average Bonchev–Trinajstić information content (AvgIpc) is 2.97. The number of halogens is 2. The first-order chi connectivity index (χ1) is 9.38. The second-order valence-corrected chi connectivity index (χ2v) is 9.45. The van der Waals surface area contributed by atoms with Crippen molar-refractivity contribution in [2.24, 2.45) is 0 Å². The molecule has 1 atom stereocenters. The Labute approximate surface area is 144 Å². The number of ether oxygens (including phenoxy) is 1. The molecule has 1 aliphatic rings. The van der Waals surface area contributed by atoms with Gasteiger partial charge < -0.3 is 10.1 Å². The molecule has 1 aliphatic heterocycles. The molecule has 0 aliphatic carbocycles. The average molecular weight is 420 g/mol. The Balaban J connectivity index is 0.00000220. The summed E-state index contributed by atoms with van der Waals surface area (Å²) in [5.41, 5.74) is 0.645. The Bertz CT molecular complexity index is 552. The van der Waals surface area contributed by atoms with Gasteiger partial charge in [-0.1, -0.05) is 0 Å². The second kappa shape index (κ2) is 7.72. The first-order valence-corrected chi connectivity index (χ1v) is 9.47. The smallest absolute Gasteiger partial charge is 0.250 e. The molecular weight excluding hydrogens is 400 g/mol. The largest absolute Gasteiger partial charge is 0.383 e. The van der Waals surface area contributed by atoms with Crippen LogP contribution in [0.4, 0.5) is 0 Å². The monoisotopic (exact) mass is 418 g/mol. The molecule has 21 heavy (non-hydrogen) atoms. The van der Waals surface area contributed by atoms with Crippen LogP contribution in [0.3, 0.4) is 0 Å². The molecule has 1 aromatic rings. The van der Waals surface area contributed by atoms with Gasteiger partial charge in [0, 0.05) is 13.7 Å². The third-order valence-electron chi connectivity index (χ3n) is 3.45. The van der Waals surface area contributed by atoms with Crippen molar-refractivity contribution in [1.29, 1.82) is 0 Å². The Hall–Kier alpha value is 0.300. The maximum atomic E-state index is 12.3. The van der Waals surface area contributed by atoms with E-state index in [0.29, 0.717) is 17.4 Å². The summed E-state index contributed by atoms with van der Waals surface area (Å²) in [6, 6.07) is 1.68. The molecule has 0 radical (unpaired) electrons. The summed E-state index contributed by atoms with van der Waals surface area (Å²) in [6.45, 7) is 3.62. The highest BCUT2D eigenvalue weighted by atomic mass is 79.9. The summed E-state index contributed by atoms with van der Waals surface area (Å²) in [6.07, 6.45) is 1.95. The van der Waals surface area contributed by atoms with Gasteiger partial charge >= 0.3 is 0 Å². The Morgan fingerprint density at radius 1 is 1.57 bits per heavy atom. The van der Waals surface area contributed by atoms with Gasteiger partial charge in [-0.15, -0.1) is 23.7 Å². The summed E-state index contributed by atoms with van der Waals surface area (Å²) in [5, 5.41) is 3.35. The minimum Gasteiger partial charge on any atom is -0.383 e. The van der Waals surface area contributed by atoms with Crippen LogP contribution in [0.1, 0.15) is 18.4 Å². The molecule has 0 bridgehead atoms. The molecule has 2 heterocycles. The third-order valence-corrected chi connectivity index (χ3v) is 7.46. The van der Waals surface area contributed by atoms with E-state index in [2.05, 4.69) is 26.0 Å². The van der Waals surface area contributed by atoms with Crippen LogP contribution < -0.4 is 10.0 Å². The lowest BCUT2D eigenvalue weighted by Crippen LogP contribution is -2.52. The van der Waals surface area contributed by atoms with Gasteiger partial charge in [-0.25, -0.2) is 13.1 Å². The fourth-order valence-electron chi connectivity index (χ4n) is 2.34. The summed E-state index contributed by atoms with van der Waals surface area (Å²) in [7, 11) is -1.83. The predicted molar refractivity (Wildman–Crippen MR) is 91.0 cm³/mol. The molecular formula is C12H20BrClN2O3S2. The number of methoxy groups -OCH3 is 1. The van der Waals surface area contributed by atoms with Gasteiger partial charge in [0.2, 0.25) is 10.0 Å². The van der Waals surface area contributed by atoms with Crippen LogP contribution in [0.2, 0.25) is 0 Å². The van der Waals surface area contributed by atoms with E-state index in [-0.39, 0.29) is 17.9 Å². The van der Waals surface area contributed by atoms with E-state index in [1.165, 1.54) is 11.3 Å². The van der Waals surface area contributed by atoms with Crippen LogP contribution >= 0.6 is 39.7 Å². The number of hydrogen-bond acceptors (Lipinski definition) is 5. The molecule has 0 aromatic carbocycles. The van der Waals surface area contributed by atoms with Gasteiger partial charge in [-0.2, -0.15) is 0 Å². The summed E-state index contributed by atoms with van der Waals surface area (Å²) < 4.78 is 33.7. The van der Waals surface area contributed by atoms with Crippen LogP contribution in [0, 0.1) is 6.92 Å². The second-order valence-electron chi connectivity index (χ2n) is 5.09. The molecule has 2 rings (SSSR count). The molecule has 9 heteroatoms. The van der Waals surface area contributed by atoms with Crippen LogP contribution in [0.5, 0.6) is 0 Å². The standard InChI is InChI=1S/C12H19BrN2O3S2.ClH/c1-9-6-10(19-11(9)13)20(16,17)15-7-12(8-18-2)4-3-5-14-12;/h6,14-15H,3-5,7-8H2,1-2H3;1H. The molecule has 1 aromatic heterocycles. The quantitative estimate of drug-likeness (QED) is 0.742. The lowest BCUT2D eigenvalue weighted by Gasteiger charge is -2.28. The highest BCUT2D eigenvalue weighted by Crippen LogP contribution is 2.30. The third kappa shape index (κ3) is 4.63. The lowest BCUT2D eigenvalue weighted by molar-refractivity contribution is 0.122. The van der Waals surface area contributed by atoms with Crippen molar-refractivity contribution < 1.29 is 13.2 Å². The van der Waals surface area contributed by atoms with Crippen molar-refractivity contribution in [2.45, 2.75) is 29.5 Å². The Kier molecular flexibility index (Phi) is 7.11. The van der Waals surface area contributed by atoms with E-state index in [1.807, 2.05) is 6.92 Å². The van der Waals surface area contributed by atoms with Crippen molar-refractivity contribution in [3.05, 3.63) is 15.4 Å². The zero-order chi connectivity index (χ0) is 14.8. The molecule has 1 saturated heterocycles. The van der Waals surface area contributed by atoms with Crippen molar-refractivity contribution in [3.63, 3.8) is 0 Å². The first-order valence-electron chi connectivity index (χ1n) is 6.38. The number of nitrogens with one attached hydrogen (secondary N) is 2. The summed E-state index contributed by atoms with van der Waals surface area (Å²) >= 11 is 4.59. The lowest BCUT2D eigenvalue weighted by atomic mass is 9.99. The predicted octanol–water partition coefficient (Wildman–Crippen LogP) is 2.29. The van der Waals surface area contributed by atoms with Crippen LogP contribution in [-0.4, -0.2) is 40.8 Å². The van der Waals surface area contributed by atoms with E-state index in [9.17, 15) is 8.42 Å².